The summed E-state index contributed by atoms with van der Waals surface area (Å²) in [5, 5.41) is 3.38. The van der Waals surface area contributed by atoms with Gasteiger partial charge in [0, 0.05) is 6.42 Å². The van der Waals surface area contributed by atoms with Crippen LogP contribution in [0.25, 0.3) is 6.08 Å². The molecule has 1 fully saturated rings. The van der Waals surface area contributed by atoms with Gasteiger partial charge >= 0.3 is 5.97 Å². The van der Waals surface area contributed by atoms with E-state index in [4.69, 9.17) is 9.47 Å². The lowest BCUT2D eigenvalue weighted by Gasteiger charge is -2.22. The second kappa shape index (κ2) is 12.6. The molecule has 0 unspecified atom stereocenters. The Labute approximate surface area is 202 Å². The van der Waals surface area contributed by atoms with Crippen LogP contribution >= 0.6 is 0 Å². The molecular formula is C26H34N2O5S. The Balaban J connectivity index is 1.76. The number of carbonyl (C=O) groups is 1. The van der Waals surface area contributed by atoms with Gasteiger partial charge in [0.2, 0.25) is 0 Å². The van der Waals surface area contributed by atoms with Gasteiger partial charge in [-0.15, -0.1) is 0 Å². The molecular weight excluding hydrogens is 452 g/mol. The van der Waals surface area contributed by atoms with Crippen molar-refractivity contribution in [3.8, 4) is 11.5 Å². The van der Waals surface area contributed by atoms with Crippen molar-refractivity contribution in [2.75, 3.05) is 24.4 Å². The number of unbranched alkanes of at least 4 members (excludes halogenated alkanes) is 1. The lowest BCUT2D eigenvalue weighted by atomic mass is 9.93. The molecule has 0 aromatic heterocycles. The van der Waals surface area contributed by atoms with Crippen molar-refractivity contribution >= 4 is 27.8 Å². The molecule has 1 heterocycles. The second-order valence-electron chi connectivity index (χ2n) is 8.34. The van der Waals surface area contributed by atoms with Crippen LogP contribution in [-0.4, -0.2) is 34.1 Å². The lowest BCUT2D eigenvalue weighted by Crippen LogP contribution is -2.27. The number of sulfonamides is 1. The van der Waals surface area contributed by atoms with Crippen molar-refractivity contribution < 1.29 is 22.7 Å². The van der Waals surface area contributed by atoms with E-state index in [1.165, 1.54) is 25.0 Å². The van der Waals surface area contributed by atoms with Crippen LogP contribution in [0.2, 0.25) is 0 Å². The van der Waals surface area contributed by atoms with Crippen LogP contribution in [0.5, 0.6) is 11.5 Å². The number of ether oxygens (including phenoxy) is 2. The van der Waals surface area contributed by atoms with E-state index >= 15 is 0 Å². The zero-order valence-corrected chi connectivity index (χ0v) is 20.5. The fourth-order valence-electron chi connectivity index (χ4n) is 3.98. The highest BCUT2D eigenvalue weighted by molar-refractivity contribution is 7.92. The van der Waals surface area contributed by atoms with Crippen LogP contribution in [0.1, 0.15) is 51.0 Å². The van der Waals surface area contributed by atoms with Crippen molar-refractivity contribution in [1.29, 1.82) is 0 Å². The topological polar surface area (TPSA) is 93.7 Å². The first-order valence-corrected chi connectivity index (χ1v) is 13.3. The van der Waals surface area contributed by atoms with Gasteiger partial charge in [0.05, 0.1) is 11.5 Å². The van der Waals surface area contributed by atoms with E-state index in [1.54, 1.807) is 43.3 Å². The summed E-state index contributed by atoms with van der Waals surface area (Å²) in [5.74, 6) is 0.720. The molecule has 1 saturated heterocycles. The fourth-order valence-corrected chi connectivity index (χ4v) is 5.28. The van der Waals surface area contributed by atoms with Gasteiger partial charge in [-0.3, -0.25) is 9.52 Å². The first-order valence-electron chi connectivity index (χ1n) is 11.9. The number of hydrogen-bond acceptors (Lipinski definition) is 6. The second-order valence-corrected chi connectivity index (χ2v) is 9.99. The summed E-state index contributed by atoms with van der Waals surface area (Å²) >= 11 is 0. The number of anilines is 1. The zero-order chi connectivity index (χ0) is 24.4. The Hall–Kier alpha value is -2.84. The van der Waals surface area contributed by atoms with Gasteiger partial charge < -0.3 is 14.8 Å². The first kappa shape index (κ1) is 25.8. The smallest absolute Gasteiger partial charge is 0.310 e. The Morgan fingerprint density at radius 3 is 2.59 bits per heavy atom. The maximum Gasteiger partial charge on any atom is 0.310 e. The summed E-state index contributed by atoms with van der Waals surface area (Å²) in [6, 6.07) is 11.5. The quantitative estimate of drug-likeness (QED) is 0.249. The van der Waals surface area contributed by atoms with E-state index in [-0.39, 0.29) is 22.8 Å². The van der Waals surface area contributed by atoms with E-state index in [2.05, 4.69) is 16.6 Å². The van der Waals surface area contributed by atoms with E-state index < -0.39 is 16.0 Å². The van der Waals surface area contributed by atoms with Crippen molar-refractivity contribution in [2.45, 2.75) is 50.3 Å². The largest absolute Gasteiger partial charge is 0.491 e. The van der Waals surface area contributed by atoms with E-state index in [0.29, 0.717) is 17.9 Å². The van der Waals surface area contributed by atoms with Gasteiger partial charge in [-0.1, -0.05) is 50.3 Å². The molecule has 2 N–H and O–H groups in total. The molecule has 0 spiro atoms. The number of nitrogens with one attached hydrogen (secondary N) is 2. The standard InChI is InChI=1S/C26H34N2O5S/c1-3-21-11-5-6-14-24(21)34(30,31)28-26-22(12-9-13-23(26)33-25(29)4-2)32-19-8-7-10-20-15-17-27-18-16-20/h3,5-6,9,11-14,20,27-28H,1,4,7-8,10,15-19H2,2H3. The molecule has 8 heteroatoms. The molecule has 34 heavy (non-hydrogen) atoms. The maximum absolute atomic E-state index is 13.2. The van der Waals surface area contributed by atoms with E-state index in [0.717, 1.165) is 38.3 Å². The first-order chi connectivity index (χ1) is 16.4. The van der Waals surface area contributed by atoms with Crippen LogP contribution in [-0.2, 0) is 14.8 Å². The number of rotatable bonds is 12. The van der Waals surface area contributed by atoms with Gasteiger partial charge in [0.15, 0.2) is 5.75 Å². The number of para-hydroxylation sites is 1. The van der Waals surface area contributed by atoms with Crippen molar-refractivity contribution in [3.63, 3.8) is 0 Å². The average molecular weight is 487 g/mol. The van der Waals surface area contributed by atoms with Gasteiger partial charge in [-0.05, 0) is 68.5 Å². The third-order valence-electron chi connectivity index (χ3n) is 5.89. The fraction of sp³-hybridized carbons (Fsp3) is 0.423. The molecule has 0 bridgehead atoms. The predicted octanol–water partition coefficient (Wildman–Crippen LogP) is 4.99. The van der Waals surface area contributed by atoms with Gasteiger partial charge in [-0.25, -0.2) is 8.42 Å². The normalized spacial score (nSPS) is 14.4. The molecule has 0 saturated carbocycles. The van der Waals surface area contributed by atoms with Crippen molar-refractivity contribution in [1.82, 2.24) is 5.32 Å². The monoisotopic (exact) mass is 486 g/mol. The molecule has 0 amide bonds. The average Bonchev–Trinajstić information content (AvgIpc) is 2.85. The van der Waals surface area contributed by atoms with Crippen molar-refractivity contribution in [2.24, 2.45) is 5.92 Å². The minimum absolute atomic E-state index is 0.0783. The molecule has 3 rings (SSSR count). The third-order valence-corrected chi connectivity index (χ3v) is 7.31. The highest BCUT2D eigenvalue weighted by atomic mass is 32.2. The molecule has 0 aliphatic carbocycles. The number of carbonyl (C=O) groups excluding carboxylic acids is 1. The van der Waals surface area contributed by atoms with Crippen LogP contribution in [0.3, 0.4) is 0 Å². The van der Waals surface area contributed by atoms with Crippen LogP contribution in [0.4, 0.5) is 5.69 Å². The number of piperidine rings is 1. The summed E-state index contributed by atoms with van der Waals surface area (Å²) in [5.41, 5.74) is 0.583. The number of benzene rings is 2. The summed E-state index contributed by atoms with van der Waals surface area (Å²) in [7, 11) is -3.99. The Morgan fingerprint density at radius 2 is 1.85 bits per heavy atom. The maximum atomic E-state index is 13.2. The molecule has 0 radical (unpaired) electrons. The minimum Gasteiger partial charge on any atom is -0.491 e. The molecule has 2 aromatic rings. The zero-order valence-electron chi connectivity index (χ0n) is 19.7. The Morgan fingerprint density at radius 1 is 1.12 bits per heavy atom. The predicted molar refractivity (Wildman–Crippen MR) is 135 cm³/mol. The van der Waals surface area contributed by atoms with Gasteiger partial charge in [-0.2, -0.15) is 0 Å². The Bertz CT molecular complexity index is 1080. The van der Waals surface area contributed by atoms with Crippen molar-refractivity contribution in [3.05, 3.63) is 54.6 Å². The molecule has 2 aromatic carbocycles. The van der Waals surface area contributed by atoms with Gasteiger partial charge in [0.25, 0.3) is 10.0 Å². The lowest BCUT2D eigenvalue weighted by molar-refractivity contribution is -0.133. The highest BCUT2D eigenvalue weighted by Gasteiger charge is 2.23. The van der Waals surface area contributed by atoms with Crippen LogP contribution < -0.4 is 19.5 Å². The number of esters is 1. The van der Waals surface area contributed by atoms with Gasteiger partial charge in [0.1, 0.15) is 11.4 Å². The molecule has 184 valence electrons. The summed E-state index contributed by atoms with van der Waals surface area (Å²) in [6.45, 7) is 7.99. The molecule has 0 atom stereocenters. The highest BCUT2D eigenvalue weighted by Crippen LogP contribution is 2.37. The molecule has 1 aliphatic heterocycles. The van der Waals surface area contributed by atoms with Crippen LogP contribution in [0.15, 0.2) is 53.9 Å². The summed E-state index contributed by atoms with van der Waals surface area (Å²) in [4.78, 5) is 12.1. The van der Waals surface area contributed by atoms with E-state index in [9.17, 15) is 13.2 Å². The van der Waals surface area contributed by atoms with E-state index in [1.807, 2.05) is 0 Å². The molecule has 7 nitrogen and oxygen atoms in total. The SMILES string of the molecule is C=Cc1ccccc1S(=O)(=O)Nc1c(OCCCCC2CCNCC2)cccc1OC(=O)CC. The molecule has 1 aliphatic rings. The number of hydrogen-bond donors (Lipinski definition) is 2. The third kappa shape index (κ3) is 7.08. The Kier molecular flexibility index (Phi) is 9.53. The summed E-state index contributed by atoms with van der Waals surface area (Å²) < 4.78 is 40.4. The summed E-state index contributed by atoms with van der Waals surface area (Å²) in [6.07, 6.45) is 7.13. The minimum atomic E-state index is -3.99. The van der Waals surface area contributed by atoms with Crippen LogP contribution in [0, 0.1) is 5.92 Å².